The quantitative estimate of drug-likeness (QED) is 0.555. The van der Waals surface area contributed by atoms with Crippen molar-refractivity contribution in [3.8, 4) is 0 Å². The molecule has 0 aromatic rings. The standard InChI is InChI=1S/C19H37N5O4/c1-18(2,3)27-16(25)22-14-9-11-24(13-14)15(20-7)21-10-12-23(8)17(26)28-19(4,5)6/h14H,9-13H2,1-8H3,(H,20,21)(H,22,25). The van der Waals surface area contributed by atoms with Gasteiger partial charge >= 0.3 is 12.2 Å². The summed E-state index contributed by atoms with van der Waals surface area (Å²) in [5.41, 5.74) is -1.03. The summed E-state index contributed by atoms with van der Waals surface area (Å²) in [7, 11) is 3.42. The van der Waals surface area contributed by atoms with E-state index in [0.717, 1.165) is 18.9 Å². The van der Waals surface area contributed by atoms with Crippen molar-refractivity contribution in [1.29, 1.82) is 0 Å². The van der Waals surface area contributed by atoms with E-state index in [1.165, 1.54) is 4.90 Å². The van der Waals surface area contributed by atoms with E-state index in [0.29, 0.717) is 19.6 Å². The molecule has 1 atom stereocenters. The minimum absolute atomic E-state index is 0.0119. The van der Waals surface area contributed by atoms with Crippen LogP contribution in [0.4, 0.5) is 9.59 Å². The molecule has 1 aliphatic heterocycles. The van der Waals surface area contributed by atoms with Gasteiger partial charge in [0.15, 0.2) is 5.96 Å². The van der Waals surface area contributed by atoms with Gasteiger partial charge in [0.1, 0.15) is 11.2 Å². The second-order valence-electron chi connectivity index (χ2n) is 8.95. The number of nitrogens with zero attached hydrogens (tertiary/aromatic N) is 3. The molecule has 0 radical (unpaired) electrons. The Morgan fingerprint density at radius 2 is 1.75 bits per heavy atom. The molecule has 0 spiro atoms. The largest absolute Gasteiger partial charge is 0.444 e. The van der Waals surface area contributed by atoms with Crippen LogP contribution in [0.2, 0.25) is 0 Å². The average molecular weight is 400 g/mol. The maximum absolute atomic E-state index is 12.0. The summed E-state index contributed by atoms with van der Waals surface area (Å²) >= 11 is 0. The molecule has 2 amide bonds. The van der Waals surface area contributed by atoms with Crippen LogP contribution in [0.5, 0.6) is 0 Å². The second-order valence-corrected chi connectivity index (χ2v) is 8.95. The molecular formula is C19H37N5O4. The summed E-state index contributed by atoms with van der Waals surface area (Å²) in [4.78, 5) is 31.8. The zero-order chi connectivity index (χ0) is 21.5. The lowest BCUT2D eigenvalue weighted by molar-refractivity contribution is 0.0301. The Morgan fingerprint density at radius 1 is 1.14 bits per heavy atom. The third kappa shape index (κ3) is 9.14. The Morgan fingerprint density at radius 3 is 2.29 bits per heavy atom. The number of likely N-dealkylation sites (N-methyl/N-ethyl adjacent to an activating group) is 1. The van der Waals surface area contributed by atoms with Crippen molar-refractivity contribution in [3.05, 3.63) is 0 Å². The number of hydrogen-bond acceptors (Lipinski definition) is 5. The lowest BCUT2D eigenvalue weighted by Crippen LogP contribution is -2.46. The highest BCUT2D eigenvalue weighted by Crippen LogP contribution is 2.12. The highest BCUT2D eigenvalue weighted by atomic mass is 16.6. The van der Waals surface area contributed by atoms with Crippen molar-refractivity contribution in [2.75, 3.05) is 40.3 Å². The fraction of sp³-hybridized carbons (Fsp3) is 0.842. The van der Waals surface area contributed by atoms with Crippen molar-refractivity contribution in [2.45, 2.75) is 65.2 Å². The molecule has 2 N–H and O–H groups in total. The Bertz CT molecular complexity index is 566. The highest BCUT2D eigenvalue weighted by molar-refractivity contribution is 5.80. The lowest BCUT2D eigenvalue weighted by atomic mass is 10.2. The van der Waals surface area contributed by atoms with Gasteiger partial charge < -0.3 is 29.9 Å². The fourth-order valence-electron chi connectivity index (χ4n) is 2.64. The molecule has 1 rings (SSSR count). The van der Waals surface area contributed by atoms with Crippen LogP contribution < -0.4 is 10.6 Å². The van der Waals surface area contributed by atoms with Gasteiger partial charge in [0.2, 0.25) is 0 Å². The zero-order valence-corrected chi connectivity index (χ0v) is 18.6. The van der Waals surface area contributed by atoms with Crippen LogP contribution in [0.25, 0.3) is 0 Å². The van der Waals surface area contributed by atoms with Crippen molar-refractivity contribution in [1.82, 2.24) is 20.4 Å². The van der Waals surface area contributed by atoms with Crippen molar-refractivity contribution in [3.63, 3.8) is 0 Å². The molecule has 0 bridgehead atoms. The Labute approximate surface area is 168 Å². The molecule has 1 fully saturated rings. The van der Waals surface area contributed by atoms with E-state index in [2.05, 4.69) is 20.5 Å². The van der Waals surface area contributed by atoms with Gasteiger partial charge in [-0.05, 0) is 48.0 Å². The van der Waals surface area contributed by atoms with Crippen LogP contribution in [0.1, 0.15) is 48.0 Å². The molecule has 1 saturated heterocycles. The average Bonchev–Trinajstić information content (AvgIpc) is 2.95. The van der Waals surface area contributed by atoms with Crippen molar-refractivity contribution in [2.24, 2.45) is 4.99 Å². The number of amides is 2. The molecular weight excluding hydrogens is 362 g/mol. The maximum Gasteiger partial charge on any atom is 0.410 e. The topological polar surface area (TPSA) is 95.5 Å². The maximum atomic E-state index is 12.0. The first kappa shape index (κ1) is 23.8. The SMILES string of the molecule is CN=C(NCCN(C)C(=O)OC(C)(C)C)N1CCC(NC(=O)OC(C)(C)C)C1. The van der Waals surface area contributed by atoms with E-state index in [9.17, 15) is 9.59 Å². The number of nitrogens with one attached hydrogen (secondary N) is 2. The summed E-state index contributed by atoms with van der Waals surface area (Å²) in [6.45, 7) is 13.5. The normalized spacial score (nSPS) is 17.9. The van der Waals surface area contributed by atoms with Crippen LogP contribution in [0.3, 0.4) is 0 Å². The Kier molecular flexibility index (Phi) is 8.38. The molecule has 9 nitrogen and oxygen atoms in total. The lowest BCUT2D eigenvalue weighted by Gasteiger charge is -2.26. The predicted molar refractivity (Wildman–Crippen MR) is 110 cm³/mol. The van der Waals surface area contributed by atoms with E-state index in [1.807, 2.05) is 41.5 Å². The summed E-state index contributed by atoms with van der Waals surface area (Å²) in [6.07, 6.45) is 0.0611. The second kappa shape index (κ2) is 9.84. The number of alkyl carbamates (subject to hydrolysis) is 1. The zero-order valence-electron chi connectivity index (χ0n) is 18.6. The van der Waals surface area contributed by atoms with Crippen LogP contribution in [-0.4, -0.2) is 85.5 Å². The predicted octanol–water partition coefficient (Wildman–Crippen LogP) is 2.03. The van der Waals surface area contributed by atoms with Gasteiger partial charge in [0.05, 0.1) is 6.04 Å². The number of aliphatic imine (C=N–C) groups is 1. The minimum atomic E-state index is -0.514. The molecule has 1 heterocycles. The third-order valence-electron chi connectivity index (χ3n) is 3.86. The number of likely N-dealkylation sites (tertiary alicyclic amines) is 1. The Balaban J connectivity index is 2.40. The number of carbonyl (C=O) groups excluding carboxylic acids is 2. The molecule has 0 saturated carbocycles. The van der Waals surface area contributed by atoms with Gasteiger partial charge in [-0.25, -0.2) is 9.59 Å². The van der Waals surface area contributed by atoms with E-state index < -0.39 is 17.3 Å². The number of guanidine groups is 1. The highest BCUT2D eigenvalue weighted by Gasteiger charge is 2.28. The van der Waals surface area contributed by atoms with Crippen molar-refractivity contribution < 1.29 is 19.1 Å². The molecule has 0 aliphatic carbocycles. The minimum Gasteiger partial charge on any atom is -0.444 e. The van der Waals surface area contributed by atoms with Crippen LogP contribution in [0.15, 0.2) is 4.99 Å². The molecule has 9 heteroatoms. The first-order valence-electron chi connectivity index (χ1n) is 9.70. The third-order valence-corrected chi connectivity index (χ3v) is 3.86. The number of ether oxygens (including phenoxy) is 2. The van der Waals surface area contributed by atoms with Gasteiger partial charge in [-0.15, -0.1) is 0 Å². The van der Waals surface area contributed by atoms with Gasteiger partial charge in [-0.2, -0.15) is 0 Å². The van der Waals surface area contributed by atoms with Crippen LogP contribution in [-0.2, 0) is 9.47 Å². The monoisotopic (exact) mass is 399 g/mol. The van der Waals surface area contributed by atoms with Crippen LogP contribution >= 0.6 is 0 Å². The van der Waals surface area contributed by atoms with E-state index >= 15 is 0 Å². The summed E-state index contributed by atoms with van der Waals surface area (Å²) < 4.78 is 10.6. The van der Waals surface area contributed by atoms with Gasteiger partial charge in [0.25, 0.3) is 0 Å². The molecule has 0 aromatic heterocycles. The van der Waals surface area contributed by atoms with Gasteiger partial charge in [0, 0.05) is 40.3 Å². The fourth-order valence-corrected chi connectivity index (χ4v) is 2.64. The van der Waals surface area contributed by atoms with Gasteiger partial charge in [-0.1, -0.05) is 0 Å². The number of hydrogen-bond donors (Lipinski definition) is 2. The summed E-state index contributed by atoms with van der Waals surface area (Å²) in [5, 5.41) is 6.15. The summed E-state index contributed by atoms with van der Waals surface area (Å²) in [5.74, 6) is 0.742. The number of rotatable bonds is 4. The molecule has 162 valence electrons. The van der Waals surface area contributed by atoms with E-state index in [4.69, 9.17) is 9.47 Å². The first-order valence-corrected chi connectivity index (χ1v) is 9.70. The first-order chi connectivity index (χ1) is 12.8. The van der Waals surface area contributed by atoms with E-state index in [-0.39, 0.29) is 12.1 Å². The van der Waals surface area contributed by atoms with Crippen LogP contribution in [0, 0.1) is 0 Å². The molecule has 1 aliphatic rings. The molecule has 0 aromatic carbocycles. The Hall–Kier alpha value is -2.19. The van der Waals surface area contributed by atoms with E-state index in [1.54, 1.807) is 14.1 Å². The van der Waals surface area contributed by atoms with Crippen molar-refractivity contribution >= 4 is 18.1 Å². The molecule has 1 unspecified atom stereocenters. The molecule has 28 heavy (non-hydrogen) atoms. The summed E-state index contributed by atoms with van der Waals surface area (Å²) in [6, 6.07) is 0.0119. The smallest absolute Gasteiger partial charge is 0.410 e. The number of carbonyl (C=O) groups is 2. The van der Waals surface area contributed by atoms with Gasteiger partial charge in [-0.3, -0.25) is 4.99 Å².